The van der Waals surface area contributed by atoms with Crippen LogP contribution in [0.4, 0.5) is 5.69 Å². The Labute approximate surface area is 113 Å². The zero-order chi connectivity index (χ0) is 11.5. The first-order valence-electron chi connectivity index (χ1n) is 4.98. The fourth-order valence-corrected chi connectivity index (χ4v) is 1.99. The van der Waals surface area contributed by atoms with Crippen LogP contribution in [0.3, 0.4) is 0 Å². The molecule has 0 spiro atoms. The third-order valence-electron chi connectivity index (χ3n) is 2.43. The Hall–Kier alpha value is -0.850. The maximum absolute atomic E-state index is 10.8. The number of rotatable bonds is 3. The molecule has 1 heterocycles. The molecule has 1 aliphatic heterocycles. The Morgan fingerprint density at radius 3 is 2.88 bits per heavy atom. The summed E-state index contributed by atoms with van der Waals surface area (Å²) in [4.78, 5) is 10.4. The lowest BCUT2D eigenvalue weighted by Crippen LogP contribution is -2.20. The van der Waals surface area contributed by atoms with E-state index >= 15 is 0 Å². The second-order valence-corrected chi connectivity index (χ2v) is 4.52. The largest absolute Gasteiger partial charge is 0.482 e. The van der Waals surface area contributed by atoms with Crippen LogP contribution in [0.25, 0.3) is 0 Å². The first-order valence-corrected chi connectivity index (χ1v) is 5.77. The van der Waals surface area contributed by atoms with Crippen LogP contribution in [-0.2, 0) is 0 Å². The molecular formula is C10H12BrClN2O3. The zero-order valence-electron chi connectivity index (χ0n) is 8.89. The smallest absolute Gasteiger partial charge is 0.312 e. The van der Waals surface area contributed by atoms with E-state index in [2.05, 4.69) is 21.2 Å². The molecule has 1 atom stereocenters. The normalized spacial score (nSPS) is 18.5. The molecule has 0 aliphatic carbocycles. The Morgan fingerprint density at radius 1 is 1.53 bits per heavy atom. The summed E-state index contributed by atoms with van der Waals surface area (Å²) in [7, 11) is 0. The summed E-state index contributed by atoms with van der Waals surface area (Å²) >= 11 is 3.20. The summed E-state index contributed by atoms with van der Waals surface area (Å²) in [6, 6.07) is 4.82. The molecule has 94 valence electrons. The number of hydrogen-bond acceptors (Lipinski definition) is 4. The minimum absolute atomic E-state index is 0. The van der Waals surface area contributed by atoms with Gasteiger partial charge < -0.3 is 10.1 Å². The van der Waals surface area contributed by atoms with E-state index in [1.54, 1.807) is 12.1 Å². The number of nitro benzene ring substituents is 1. The summed E-state index contributed by atoms with van der Waals surface area (Å²) in [5.74, 6) is 0.335. The molecule has 0 amide bonds. The van der Waals surface area contributed by atoms with Crippen molar-refractivity contribution >= 4 is 34.0 Å². The highest BCUT2D eigenvalue weighted by Gasteiger charge is 2.21. The van der Waals surface area contributed by atoms with Gasteiger partial charge in [0.15, 0.2) is 5.75 Å². The lowest BCUT2D eigenvalue weighted by molar-refractivity contribution is -0.386. The Morgan fingerprint density at radius 2 is 2.29 bits per heavy atom. The van der Waals surface area contributed by atoms with Gasteiger partial charge >= 0.3 is 5.69 Å². The number of halogens is 2. The van der Waals surface area contributed by atoms with Crippen molar-refractivity contribution in [2.75, 3.05) is 13.1 Å². The molecular weight excluding hydrogens is 311 g/mol. The van der Waals surface area contributed by atoms with Crippen molar-refractivity contribution in [3.63, 3.8) is 0 Å². The van der Waals surface area contributed by atoms with E-state index in [1.165, 1.54) is 6.07 Å². The van der Waals surface area contributed by atoms with E-state index in [0.29, 0.717) is 10.2 Å². The van der Waals surface area contributed by atoms with E-state index < -0.39 is 4.92 Å². The van der Waals surface area contributed by atoms with Gasteiger partial charge in [-0.1, -0.05) is 15.9 Å². The first kappa shape index (κ1) is 14.2. The molecule has 5 nitrogen and oxygen atoms in total. The zero-order valence-corrected chi connectivity index (χ0v) is 11.3. The number of nitrogens with zero attached hydrogens (tertiary/aromatic N) is 1. The molecule has 1 unspecified atom stereocenters. The average molecular weight is 324 g/mol. The van der Waals surface area contributed by atoms with Crippen molar-refractivity contribution in [3.8, 4) is 5.75 Å². The molecule has 0 aromatic heterocycles. The summed E-state index contributed by atoms with van der Waals surface area (Å²) < 4.78 is 6.27. The lowest BCUT2D eigenvalue weighted by Gasteiger charge is -2.12. The van der Waals surface area contributed by atoms with Crippen molar-refractivity contribution in [2.45, 2.75) is 12.5 Å². The third kappa shape index (κ3) is 3.55. The van der Waals surface area contributed by atoms with Crippen LogP contribution in [0, 0.1) is 10.1 Å². The molecule has 0 saturated carbocycles. The van der Waals surface area contributed by atoms with Gasteiger partial charge in [-0.15, -0.1) is 12.4 Å². The lowest BCUT2D eigenvalue weighted by atomic mass is 10.2. The molecule has 2 rings (SSSR count). The van der Waals surface area contributed by atoms with Crippen LogP contribution >= 0.6 is 28.3 Å². The van der Waals surface area contributed by atoms with Crippen molar-refractivity contribution in [1.29, 1.82) is 0 Å². The van der Waals surface area contributed by atoms with Crippen molar-refractivity contribution in [3.05, 3.63) is 32.8 Å². The Bertz CT molecular complexity index is 411. The molecule has 0 bridgehead atoms. The first-order chi connectivity index (χ1) is 7.66. The van der Waals surface area contributed by atoms with Gasteiger partial charge in [0.25, 0.3) is 0 Å². The predicted molar refractivity (Wildman–Crippen MR) is 69.9 cm³/mol. The van der Waals surface area contributed by atoms with Gasteiger partial charge in [0.2, 0.25) is 0 Å². The highest BCUT2D eigenvalue weighted by Crippen LogP contribution is 2.31. The predicted octanol–water partition coefficient (Wildman–Crippen LogP) is 2.52. The van der Waals surface area contributed by atoms with Crippen LogP contribution in [0.2, 0.25) is 0 Å². The summed E-state index contributed by atoms with van der Waals surface area (Å²) in [5, 5.41) is 14.0. The number of hydrogen-bond donors (Lipinski definition) is 1. The highest BCUT2D eigenvalue weighted by atomic mass is 79.9. The van der Waals surface area contributed by atoms with Crippen molar-refractivity contribution in [1.82, 2.24) is 5.32 Å². The number of nitrogens with one attached hydrogen (secondary N) is 1. The van der Waals surface area contributed by atoms with Gasteiger partial charge in [0.05, 0.1) is 4.92 Å². The van der Waals surface area contributed by atoms with Crippen molar-refractivity contribution in [2.24, 2.45) is 0 Å². The summed E-state index contributed by atoms with van der Waals surface area (Å²) in [5.41, 5.74) is 0.00118. The van der Waals surface area contributed by atoms with Gasteiger partial charge in [-0.05, 0) is 25.1 Å². The van der Waals surface area contributed by atoms with Gasteiger partial charge in [-0.2, -0.15) is 0 Å². The molecule has 17 heavy (non-hydrogen) atoms. The number of nitro groups is 1. The van der Waals surface area contributed by atoms with Gasteiger partial charge in [0, 0.05) is 17.1 Å². The van der Waals surface area contributed by atoms with E-state index in [1.807, 2.05) is 0 Å². The second-order valence-electron chi connectivity index (χ2n) is 3.60. The molecule has 0 radical (unpaired) electrons. The molecule has 1 fully saturated rings. The van der Waals surface area contributed by atoms with Crippen LogP contribution in [0.1, 0.15) is 6.42 Å². The van der Waals surface area contributed by atoms with Gasteiger partial charge in [-0.25, -0.2) is 0 Å². The molecule has 1 aliphatic rings. The molecule has 1 aromatic carbocycles. The quantitative estimate of drug-likeness (QED) is 0.686. The minimum atomic E-state index is -0.428. The van der Waals surface area contributed by atoms with Crippen molar-refractivity contribution < 1.29 is 9.66 Å². The van der Waals surface area contributed by atoms with Gasteiger partial charge in [-0.3, -0.25) is 10.1 Å². The van der Waals surface area contributed by atoms with Crippen LogP contribution in [0.15, 0.2) is 22.7 Å². The highest BCUT2D eigenvalue weighted by molar-refractivity contribution is 9.10. The van der Waals surface area contributed by atoms with Gasteiger partial charge in [0.1, 0.15) is 6.10 Å². The second kappa shape index (κ2) is 6.18. The van der Waals surface area contributed by atoms with E-state index in [4.69, 9.17) is 4.74 Å². The minimum Gasteiger partial charge on any atom is -0.482 e. The number of ether oxygens (including phenoxy) is 1. The summed E-state index contributed by atoms with van der Waals surface area (Å²) in [6.07, 6.45) is 0.910. The van der Waals surface area contributed by atoms with Crippen LogP contribution < -0.4 is 10.1 Å². The Kier molecular flexibility index (Phi) is 5.17. The maximum Gasteiger partial charge on any atom is 0.312 e. The molecule has 1 N–H and O–H groups in total. The molecule has 1 saturated heterocycles. The van der Waals surface area contributed by atoms with Crippen LogP contribution in [0.5, 0.6) is 5.75 Å². The van der Waals surface area contributed by atoms with E-state index in [-0.39, 0.29) is 24.2 Å². The SMILES string of the molecule is Cl.O=[N+]([O-])c1cc(Br)ccc1OC1CCNC1. The fraction of sp³-hybridized carbons (Fsp3) is 0.400. The molecule has 7 heteroatoms. The maximum atomic E-state index is 10.8. The topological polar surface area (TPSA) is 64.4 Å². The molecule has 1 aromatic rings. The standard InChI is InChI=1S/C10H11BrN2O3.ClH/c11-7-1-2-10(9(5-7)13(14)15)16-8-3-4-12-6-8;/h1-2,5,8,12H,3-4,6H2;1H. The summed E-state index contributed by atoms with van der Waals surface area (Å²) in [6.45, 7) is 1.64. The van der Waals surface area contributed by atoms with Crippen LogP contribution in [-0.4, -0.2) is 24.1 Å². The fourth-order valence-electron chi connectivity index (χ4n) is 1.64. The van der Waals surface area contributed by atoms with E-state index in [0.717, 1.165) is 19.5 Å². The number of benzene rings is 1. The Balaban J connectivity index is 0.00000144. The van der Waals surface area contributed by atoms with E-state index in [9.17, 15) is 10.1 Å². The monoisotopic (exact) mass is 322 g/mol. The average Bonchev–Trinajstić information content (AvgIpc) is 2.73. The third-order valence-corrected chi connectivity index (χ3v) is 2.92.